The van der Waals surface area contributed by atoms with Crippen molar-refractivity contribution >= 4 is 17.7 Å². The summed E-state index contributed by atoms with van der Waals surface area (Å²) in [5, 5.41) is 3.23. The number of nitrogens with one attached hydrogen (secondary N) is 1. The van der Waals surface area contributed by atoms with Crippen LogP contribution in [0.15, 0.2) is 30.3 Å². The Morgan fingerprint density at radius 2 is 1.78 bits per heavy atom. The fourth-order valence-corrected chi connectivity index (χ4v) is 4.78. The summed E-state index contributed by atoms with van der Waals surface area (Å²) in [7, 11) is 0. The van der Waals surface area contributed by atoms with Gasteiger partial charge < -0.3 is 5.32 Å². The maximum Gasteiger partial charge on any atom is 0.240 e. The zero-order valence-corrected chi connectivity index (χ0v) is 14.7. The fourth-order valence-electron chi connectivity index (χ4n) is 3.96. The molecule has 1 amide bonds. The zero-order valence-electron chi connectivity index (χ0n) is 13.9. The molecule has 3 rings (SSSR count). The topological polar surface area (TPSA) is 32.3 Å². The first-order chi connectivity index (χ1) is 11.3. The second-order valence-corrected chi connectivity index (χ2v) is 7.83. The normalized spacial score (nSPS) is 20.7. The highest BCUT2D eigenvalue weighted by Crippen LogP contribution is 2.37. The quantitative estimate of drug-likeness (QED) is 0.776. The Hall–Kier alpha value is -1.00. The van der Waals surface area contributed by atoms with E-state index < -0.39 is 0 Å². The molecule has 1 aliphatic carbocycles. The van der Waals surface area contributed by atoms with Gasteiger partial charge in [-0.3, -0.25) is 9.69 Å². The largest absolute Gasteiger partial charge is 0.354 e. The van der Waals surface area contributed by atoms with Gasteiger partial charge in [0.25, 0.3) is 0 Å². The number of thioether (sulfide) groups is 1. The smallest absolute Gasteiger partial charge is 0.240 e. The monoisotopic (exact) mass is 332 g/mol. The van der Waals surface area contributed by atoms with Crippen molar-refractivity contribution < 1.29 is 4.79 Å². The third kappa shape index (κ3) is 4.10. The highest BCUT2D eigenvalue weighted by Gasteiger charge is 2.46. The minimum Gasteiger partial charge on any atom is -0.354 e. The van der Waals surface area contributed by atoms with Gasteiger partial charge in [0.1, 0.15) is 5.54 Å². The van der Waals surface area contributed by atoms with E-state index in [9.17, 15) is 4.79 Å². The van der Waals surface area contributed by atoms with Gasteiger partial charge >= 0.3 is 0 Å². The lowest BCUT2D eigenvalue weighted by Crippen LogP contribution is -2.56. The molecule has 3 nitrogen and oxygen atoms in total. The molecule has 2 aliphatic rings. The van der Waals surface area contributed by atoms with Crippen molar-refractivity contribution in [1.82, 2.24) is 10.2 Å². The molecule has 1 saturated carbocycles. The van der Waals surface area contributed by atoms with E-state index in [2.05, 4.69) is 34.5 Å². The van der Waals surface area contributed by atoms with Crippen LogP contribution in [0.2, 0.25) is 0 Å². The molecular weight excluding hydrogens is 304 g/mol. The lowest BCUT2D eigenvalue weighted by molar-refractivity contribution is -0.132. The van der Waals surface area contributed by atoms with Crippen LogP contribution in [-0.2, 0) is 10.5 Å². The molecule has 0 atom stereocenters. The Balaban J connectivity index is 1.42. The summed E-state index contributed by atoms with van der Waals surface area (Å²) in [5.74, 6) is 2.29. The van der Waals surface area contributed by atoms with E-state index in [0.29, 0.717) is 0 Å². The summed E-state index contributed by atoms with van der Waals surface area (Å²) in [6, 6.07) is 10.5. The van der Waals surface area contributed by atoms with E-state index in [1.165, 1.54) is 31.2 Å². The van der Waals surface area contributed by atoms with Crippen molar-refractivity contribution in [3.8, 4) is 0 Å². The molecule has 1 N–H and O–H groups in total. The van der Waals surface area contributed by atoms with E-state index in [4.69, 9.17) is 0 Å². The number of likely N-dealkylation sites (tertiary alicyclic amines) is 1. The van der Waals surface area contributed by atoms with E-state index in [0.717, 1.165) is 44.0 Å². The highest BCUT2D eigenvalue weighted by atomic mass is 32.2. The van der Waals surface area contributed by atoms with Crippen molar-refractivity contribution in [3.05, 3.63) is 35.9 Å². The summed E-state index contributed by atoms with van der Waals surface area (Å²) in [5.41, 5.74) is 1.17. The van der Waals surface area contributed by atoms with E-state index >= 15 is 0 Å². The lowest BCUT2D eigenvalue weighted by atomic mass is 9.94. The Kier molecular flexibility index (Phi) is 6.01. The highest BCUT2D eigenvalue weighted by molar-refractivity contribution is 7.98. The van der Waals surface area contributed by atoms with Crippen LogP contribution in [0.3, 0.4) is 0 Å². The molecule has 1 aromatic carbocycles. The van der Waals surface area contributed by atoms with Gasteiger partial charge in [-0.05, 0) is 44.3 Å². The molecule has 0 bridgehead atoms. The molecule has 0 radical (unpaired) electrons. The van der Waals surface area contributed by atoms with E-state index in [1.807, 2.05) is 17.8 Å². The van der Waals surface area contributed by atoms with Gasteiger partial charge in [-0.15, -0.1) is 0 Å². The van der Waals surface area contributed by atoms with Crippen LogP contribution in [0.5, 0.6) is 0 Å². The molecule has 4 heteroatoms. The predicted octanol–water partition coefficient (Wildman–Crippen LogP) is 3.44. The predicted molar refractivity (Wildman–Crippen MR) is 97.6 cm³/mol. The molecule has 0 spiro atoms. The minimum atomic E-state index is -0.180. The van der Waals surface area contributed by atoms with Crippen LogP contribution in [0.25, 0.3) is 0 Å². The van der Waals surface area contributed by atoms with Crippen LogP contribution >= 0.6 is 11.8 Å². The maximum atomic E-state index is 12.8. The Labute approximate surface area is 144 Å². The number of hydrogen-bond donors (Lipinski definition) is 1. The zero-order chi connectivity index (χ0) is 16.0. The summed E-state index contributed by atoms with van der Waals surface area (Å²) < 4.78 is 0. The van der Waals surface area contributed by atoms with Crippen molar-refractivity contribution in [2.24, 2.45) is 0 Å². The van der Waals surface area contributed by atoms with Crippen LogP contribution in [0, 0.1) is 0 Å². The number of nitrogens with zero attached hydrogens (tertiary/aromatic N) is 1. The van der Waals surface area contributed by atoms with Gasteiger partial charge in [0, 0.05) is 18.1 Å². The maximum absolute atomic E-state index is 12.8. The molecule has 0 aromatic heterocycles. The standard InChI is InChI=1S/C19H28N2OS/c22-18(19(10-4-5-11-19)21-13-6-7-14-21)20-12-15-23-16-17-8-2-1-3-9-17/h1-3,8-9H,4-7,10-16H2,(H,20,22). The lowest BCUT2D eigenvalue weighted by Gasteiger charge is -2.37. The van der Waals surface area contributed by atoms with Gasteiger partial charge in [-0.25, -0.2) is 0 Å². The molecule has 1 aromatic rings. The summed E-state index contributed by atoms with van der Waals surface area (Å²) in [6.45, 7) is 3.00. The van der Waals surface area contributed by atoms with E-state index in [-0.39, 0.29) is 11.4 Å². The number of benzene rings is 1. The molecule has 1 heterocycles. The van der Waals surface area contributed by atoms with Gasteiger partial charge in [0.2, 0.25) is 5.91 Å². The first-order valence-corrected chi connectivity index (χ1v) is 10.1. The number of carbonyl (C=O) groups excluding carboxylic acids is 1. The second-order valence-electron chi connectivity index (χ2n) is 6.73. The number of hydrogen-bond acceptors (Lipinski definition) is 3. The average molecular weight is 333 g/mol. The molecule has 23 heavy (non-hydrogen) atoms. The number of carbonyl (C=O) groups is 1. The first kappa shape index (κ1) is 16.8. The van der Waals surface area contributed by atoms with Crippen LogP contribution < -0.4 is 5.32 Å². The van der Waals surface area contributed by atoms with Gasteiger partial charge in [0.15, 0.2) is 0 Å². The Bertz CT molecular complexity index is 493. The van der Waals surface area contributed by atoms with Crippen molar-refractivity contribution in [2.75, 3.05) is 25.4 Å². The van der Waals surface area contributed by atoms with Crippen molar-refractivity contribution in [1.29, 1.82) is 0 Å². The van der Waals surface area contributed by atoms with Crippen molar-refractivity contribution in [2.45, 2.75) is 49.8 Å². The van der Waals surface area contributed by atoms with Crippen LogP contribution in [0.4, 0.5) is 0 Å². The number of rotatable bonds is 7. The van der Waals surface area contributed by atoms with Crippen LogP contribution in [0.1, 0.15) is 44.1 Å². The molecule has 1 aliphatic heterocycles. The minimum absolute atomic E-state index is 0.180. The molecule has 126 valence electrons. The van der Waals surface area contributed by atoms with Gasteiger partial charge in [0.05, 0.1) is 0 Å². The molecule has 0 unspecified atom stereocenters. The van der Waals surface area contributed by atoms with Crippen molar-refractivity contribution in [3.63, 3.8) is 0 Å². The van der Waals surface area contributed by atoms with Gasteiger partial charge in [-0.2, -0.15) is 11.8 Å². The van der Waals surface area contributed by atoms with Crippen LogP contribution in [-0.4, -0.2) is 41.7 Å². The van der Waals surface area contributed by atoms with Gasteiger partial charge in [-0.1, -0.05) is 43.2 Å². The third-order valence-corrected chi connectivity index (χ3v) is 6.24. The first-order valence-electron chi connectivity index (χ1n) is 8.96. The summed E-state index contributed by atoms with van der Waals surface area (Å²) in [6.07, 6.45) is 7.01. The molecular formula is C19H28N2OS. The van der Waals surface area contributed by atoms with E-state index in [1.54, 1.807) is 0 Å². The average Bonchev–Trinajstić information content (AvgIpc) is 3.27. The summed E-state index contributed by atoms with van der Waals surface area (Å²) in [4.78, 5) is 15.3. The SMILES string of the molecule is O=C(NCCSCc1ccccc1)C1(N2CCCC2)CCCC1. The fraction of sp³-hybridized carbons (Fsp3) is 0.632. The Morgan fingerprint density at radius 1 is 1.09 bits per heavy atom. The third-order valence-electron chi connectivity index (χ3n) is 5.21. The molecule has 1 saturated heterocycles. The summed E-state index contributed by atoms with van der Waals surface area (Å²) >= 11 is 1.89. The second kappa shape index (κ2) is 8.20. The number of amides is 1. The Morgan fingerprint density at radius 3 is 2.48 bits per heavy atom. The molecule has 2 fully saturated rings.